The van der Waals surface area contributed by atoms with E-state index in [2.05, 4.69) is 13.0 Å². The van der Waals surface area contributed by atoms with Crippen LogP contribution in [0.25, 0.3) is 0 Å². The third kappa shape index (κ3) is 7.51. The van der Waals surface area contributed by atoms with Gasteiger partial charge in [-0.1, -0.05) is 31.2 Å². The normalized spacial score (nSPS) is 12.3. The Morgan fingerprint density at radius 2 is 1.95 bits per heavy atom. The Morgan fingerprint density at radius 3 is 2.52 bits per heavy atom. The van der Waals surface area contributed by atoms with Crippen molar-refractivity contribution in [3.63, 3.8) is 0 Å². The second-order valence-corrected chi connectivity index (χ2v) is 4.71. The fourth-order valence-electron chi connectivity index (χ4n) is 1.83. The van der Waals surface area contributed by atoms with E-state index in [0.717, 1.165) is 17.7 Å². The summed E-state index contributed by atoms with van der Waals surface area (Å²) in [5.41, 5.74) is 1.06. The number of benzene rings is 1. The molecule has 0 amide bonds. The summed E-state index contributed by atoms with van der Waals surface area (Å²) in [5.74, 6) is 0.541. The molecule has 0 heterocycles. The van der Waals surface area contributed by atoms with Crippen LogP contribution in [0.3, 0.4) is 0 Å². The molecule has 116 valence electrons. The summed E-state index contributed by atoms with van der Waals surface area (Å²) in [6.07, 6.45) is 5.49. The highest BCUT2D eigenvalue weighted by Gasteiger charge is 2.10. The summed E-state index contributed by atoms with van der Waals surface area (Å²) in [5, 5.41) is 0. The first-order chi connectivity index (χ1) is 10.2. The van der Waals surface area contributed by atoms with Crippen molar-refractivity contribution in [1.29, 1.82) is 0 Å². The topological polar surface area (TPSA) is 44.8 Å². The average Bonchev–Trinajstić information content (AvgIpc) is 2.47. The molecule has 0 radical (unpaired) electrons. The summed E-state index contributed by atoms with van der Waals surface area (Å²) < 4.78 is 16.0. The number of rotatable bonds is 9. The molecule has 0 bridgehead atoms. The molecule has 0 saturated heterocycles. The molecule has 0 aliphatic rings. The van der Waals surface area contributed by atoms with Gasteiger partial charge in [0.05, 0.1) is 20.3 Å². The van der Waals surface area contributed by atoms with Crippen molar-refractivity contribution < 1.29 is 19.0 Å². The van der Waals surface area contributed by atoms with Gasteiger partial charge in [0.25, 0.3) is 0 Å². The van der Waals surface area contributed by atoms with Gasteiger partial charge in [-0.15, -0.1) is 0 Å². The van der Waals surface area contributed by atoms with Gasteiger partial charge in [-0.25, -0.2) is 0 Å². The lowest BCUT2D eigenvalue weighted by atomic mass is 10.2. The zero-order valence-electron chi connectivity index (χ0n) is 13.0. The minimum atomic E-state index is -0.280. The highest BCUT2D eigenvalue weighted by Crippen LogP contribution is 2.12. The van der Waals surface area contributed by atoms with E-state index in [1.807, 2.05) is 30.3 Å². The third-order valence-corrected chi connectivity index (χ3v) is 2.87. The van der Waals surface area contributed by atoms with Crippen LogP contribution in [0.2, 0.25) is 0 Å². The van der Waals surface area contributed by atoms with Crippen molar-refractivity contribution in [3.05, 3.63) is 42.0 Å². The summed E-state index contributed by atoms with van der Waals surface area (Å²) in [6.45, 7) is 4.36. The number of ether oxygens (including phenoxy) is 3. The molecule has 0 spiro atoms. The van der Waals surface area contributed by atoms with Gasteiger partial charge in [0.2, 0.25) is 0 Å². The van der Waals surface area contributed by atoms with Crippen LogP contribution in [0.5, 0.6) is 5.75 Å². The van der Waals surface area contributed by atoms with E-state index in [9.17, 15) is 4.79 Å². The molecular formula is C17H24O4. The maximum Gasteiger partial charge on any atom is 0.302 e. The SMILES string of the molecule is CC/C=C\C[C@H](COCc1ccc(OC)cc1)OC(C)=O. The summed E-state index contributed by atoms with van der Waals surface area (Å²) in [6, 6.07) is 7.70. The number of carbonyl (C=O) groups is 1. The van der Waals surface area contributed by atoms with E-state index in [1.165, 1.54) is 6.92 Å². The quantitative estimate of drug-likeness (QED) is 0.516. The zero-order chi connectivity index (χ0) is 15.5. The molecule has 1 atom stereocenters. The van der Waals surface area contributed by atoms with Gasteiger partial charge in [0.1, 0.15) is 11.9 Å². The molecule has 0 aromatic heterocycles. The van der Waals surface area contributed by atoms with Crippen molar-refractivity contribution in [2.24, 2.45) is 0 Å². The molecule has 0 fully saturated rings. The van der Waals surface area contributed by atoms with Crippen LogP contribution in [-0.4, -0.2) is 25.8 Å². The Morgan fingerprint density at radius 1 is 1.24 bits per heavy atom. The second-order valence-electron chi connectivity index (χ2n) is 4.71. The van der Waals surface area contributed by atoms with E-state index in [4.69, 9.17) is 14.2 Å². The molecule has 0 aliphatic carbocycles. The summed E-state index contributed by atoms with van der Waals surface area (Å²) >= 11 is 0. The molecule has 4 heteroatoms. The van der Waals surface area contributed by atoms with Crippen molar-refractivity contribution in [3.8, 4) is 5.75 Å². The first-order valence-corrected chi connectivity index (χ1v) is 7.18. The lowest BCUT2D eigenvalue weighted by molar-refractivity contribution is -0.149. The highest BCUT2D eigenvalue weighted by molar-refractivity contribution is 5.66. The Balaban J connectivity index is 2.40. The summed E-state index contributed by atoms with van der Waals surface area (Å²) in [7, 11) is 1.64. The van der Waals surface area contributed by atoms with E-state index >= 15 is 0 Å². The average molecular weight is 292 g/mol. The molecule has 21 heavy (non-hydrogen) atoms. The van der Waals surface area contributed by atoms with Gasteiger partial charge in [0, 0.05) is 13.3 Å². The summed E-state index contributed by atoms with van der Waals surface area (Å²) in [4.78, 5) is 11.1. The van der Waals surface area contributed by atoms with Crippen molar-refractivity contribution >= 4 is 5.97 Å². The first kappa shape index (κ1) is 17.2. The van der Waals surface area contributed by atoms with Crippen LogP contribution in [-0.2, 0) is 20.9 Å². The van der Waals surface area contributed by atoms with Crippen LogP contribution in [0.15, 0.2) is 36.4 Å². The smallest absolute Gasteiger partial charge is 0.302 e. The molecule has 0 unspecified atom stereocenters. The van der Waals surface area contributed by atoms with Crippen LogP contribution >= 0.6 is 0 Å². The number of carbonyl (C=O) groups excluding carboxylic acids is 1. The predicted octanol–water partition coefficient (Wildman–Crippen LogP) is 3.50. The largest absolute Gasteiger partial charge is 0.497 e. The zero-order valence-corrected chi connectivity index (χ0v) is 13.0. The van der Waals surface area contributed by atoms with E-state index < -0.39 is 0 Å². The third-order valence-electron chi connectivity index (χ3n) is 2.87. The number of allylic oxidation sites excluding steroid dienone is 1. The van der Waals surface area contributed by atoms with Crippen molar-refractivity contribution in [2.45, 2.75) is 39.4 Å². The number of hydrogen-bond acceptors (Lipinski definition) is 4. The maximum atomic E-state index is 11.1. The minimum Gasteiger partial charge on any atom is -0.497 e. The monoisotopic (exact) mass is 292 g/mol. The van der Waals surface area contributed by atoms with Crippen LogP contribution in [0.1, 0.15) is 32.3 Å². The Hall–Kier alpha value is -1.81. The van der Waals surface area contributed by atoms with Gasteiger partial charge in [-0.3, -0.25) is 4.79 Å². The van der Waals surface area contributed by atoms with E-state index in [0.29, 0.717) is 19.6 Å². The number of hydrogen-bond donors (Lipinski definition) is 0. The van der Waals surface area contributed by atoms with Gasteiger partial charge in [-0.2, -0.15) is 0 Å². The maximum absolute atomic E-state index is 11.1. The van der Waals surface area contributed by atoms with Crippen LogP contribution < -0.4 is 4.74 Å². The standard InChI is InChI=1S/C17H24O4/c1-4-5-6-7-17(21-14(2)18)13-20-12-15-8-10-16(19-3)11-9-15/h5-6,8-11,17H,4,7,12-13H2,1-3H3/b6-5-/t17-/m1/s1. The Labute approximate surface area is 126 Å². The van der Waals surface area contributed by atoms with Gasteiger partial charge >= 0.3 is 5.97 Å². The molecule has 1 aromatic rings. The molecule has 1 aromatic carbocycles. The van der Waals surface area contributed by atoms with Crippen LogP contribution in [0, 0.1) is 0 Å². The second kappa shape index (κ2) is 10.00. The Kier molecular flexibility index (Phi) is 8.21. The fraction of sp³-hybridized carbons (Fsp3) is 0.471. The lowest BCUT2D eigenvalue weighted by Crippen LogP contribution is -2.21. The molecule has 1 rings (SSSR count). The van der Waals surface area contributed by atoms with Gasteiger partial charge < -0.3 is 14.2 Å². The minimum absolute atomic E-state index is 0.233. The Bertz CT molecular complexity index is 437. The molecule has 0 aliphatic heterocycles. The van der Waals surface area contributed by atoms with E-state index in [-0.39, 0.29) is 12.1 Å². The van der Waals surface area contributed by atoms with Crippen molar-refractivity contribution in [2.75, 3.05) is 13.7 Å². The van der Waals surface area contributed by atoms with Crippen LogP contribution in [0.4, 0.5) is 0 Å². The molecule has 0 N–H and O–H groups in total. The number of esters is 1. The van der Waals surface area contributed by atoms with Gasteiger partial charge in [0.15, 0.2) is 0 Å². The van der Waals surface area contributed by atoms with Crippen molar-refractivity contribution in [1.82, 2.24) is 0 Å². The first-order valence-electron chi connectivity index (χ1n) is 7.18. The molecule has 4 nitrogen and oxygen atoms in total. The fourth-order valence-corrected chi connectivity index (χ4v) is 1.83. The van der Waals surface area contributed by atoms with Gasteiger partial charge in [-0.05, 0) is 24.1 Å². The lowest BCUT2D eigenvalue weighted by Gasteiger charge is -2.15. The molecule has 0 saturated carbocycles. The predicted molar refractivity (Wildman–Crippen MR) is 82.3 cm³/mol. The highest BCUT2D eigenvalue weighted by atomic mass is 16.6. The van der Waals surface area contributed by atoms with E-state index in [1.54, 1.807) is 7.11 Å². The molecular weight excluding hydrogens is 268 g/mol. The number of methoxy groups -OCH3 is 1.